The van der Waals surface area contributed by atoms with Crippen molar-refractivity contribution in [2.75, 3.05) is 0 Å². The number of pyridine rings is 1. The van der Waals surface area contributed by atoms with E-state index in [0.29, 0.717) is 0 Å². The smallest absolute Gasteiger partial charge is 0.266 e. The van der Waals surface area contributed by atoms with Gasteiger partial charge in [-0.1, -0.05) is 0 Å². The third-order valence-electron chi connectivity index (χ3n) is 1.51. The number of rotatable bonds is 2. The Morgan fingerprint density at radius 1 is 1.62 bits per heavy atom. The minimum Gasteiger partial charge on any atom is -0.294 e. The van der Waals surface area contributed by atoms with Gasteiger partial charge in [0, 0.05) is 11.8 Å². The number of Topliss-reactive ketones (excluding diaryl/α,β-unsaturated/α-hetero) is 1. The van der Waals surface area contributed by atoms with Crippen molar-refractivity contribution in [3.8, 4) is 0 Å². The van der Waals surface area contributed by atoms with E-state index in [0.717, 1.165) is 0 Å². The molecule has 0 N–H and O–H groups in total. The van der Waals surface area contributed by atoms with Crippen LogP contribution in [0, 0.1) is 3.70 Å². The van der Waals surface area contributed by atoms with Gasteiger partial charge in [-0.25, -0.2) is 13.8 Å². The van der Waals surface area contributed by atoms with E-state index in [-0.39, 0.29) is 20.6 Å². The monoisotopic (exact) mass is 297 g/mol. The molecule has 0 aliphatic rings. The maximum absolute atomic E-state index is 12.3. The first-order valence-corrected chi connectivity index (χ1v) is 4.54. The zero-order valence-corrected chi connectivity index (χ0v) is 8.88. The van der Waals surface area contributed by atoms with E-state index in [9.17, 15) is 13.6 Å². The van der Waals surface area contributed by atoms with Crippen molar-refractivity contribution in [1.29, 1.82) is 0 Å². The molecule has 2 nitrogen and oxygen atoms in total. The van der Waals surface area contributed by atoms with Gasteiger partial charge in [0.1, 0.15) is 3.70 Å². The first-order chi connectivity index (χ1) is 6.02. The minimum absolute atomic E-state index is 0.187. The molecule has 1 aromatic rings. The van der Waals surface area contributed by atoms with E-state index < -0.39 is 6.43 Å². The van der Waals surface area contributed by atoms with Crippen LogP contribution in [0.25, 0.3) is 0 Å². The molecule has 0 unspecified atom stereocenters. The molecule has 13 heavy (non-hydrogen) atoms. The van der Waals surface area contributed by atoms with Crippen LogP contribution in [0.2, 0.25) is 0 Å². The molecule has 0 aromatic carbocycles. The van der Waals surface area contributed by atoms with Gasteiger partial charge in [-0.05, 0) is 35.6 Å². The van der Waals surface area contributed by atoms with Crippen molar-refractivity contribution in [1.82, 2.24) is 4.98 Å². The third-order valence-corrected chi connectivity index (χ3v) is 2.41. The number of halogens is 3. The van der Waals surface area contributed by atoms with Gasteiger partial charge in [0.2, 0.25) is 0 Å². The molecule has 0 amide bonds. The first kappa shape index (κ1) is 10.5. The lowest BCUT2D eigenvalue weighted by molar-refractivity contribution is 0.101. The van der Waals surface area contributed by atoms with E-state index in [1.165, 1.54) is 19.2 Å². The number of alkyl halides is 2. The highest BCUT2D eigenvalue weighted by Gasteiger charge is 2.14. The number of hydrogen-bond donors (Lipinski definition) is 0. The minimum atomic E-state index is -2.58. The molecule has 0 saturated carbocycles. The summed E-state index contributed by atoms with van der Waals surface area (Å²) in [5.41, 5.74) is 0.0315. The van der Waals surface area contributed by atoms with Gasteiger partial charge in [0.15, 0.2) is 5.78 Å². The molecule has 1 rings (SSSR count). The lowest BCUT2D eigenvalue weighted by atomic mass is 10.1. The summed E-state index contributed by atoms with van der Waals surface area (Å²) >= 11 is 1.71. The quantitative estimate of drug-likeness (QED) is 0.477. The summed E-state index contributed by atoms with van der Waals surface area (Å²) in [6.45, 7) is 1.32. The van der Waals surface area contributed by atoms with Gasteiger partial charge in [0.05, 0.1) is 5.56 Å². The molecule has 0 aliphatic carbocycles. The van der Waals surface area contributed by atoms with Crippen LogP contribution in [0.3, 0.4) is 0 Å². The summed E-state index contributed by atoms with van der Waals surface area (Å²) in [7, 11) is 0. The summed E-state index contributed by atoms with van der Waals surface area (Å²) in [6, 6.07) is 1.18. The van der Waals surface area contributed by atoms with Crippen molar-refractivity contribution in [3.63, 3.8) is 0 Å². The summed E-state index contributed by atoms with van der Waals surface area (Å²) in [6.07, 6.45) is -1.28. The van der Waals surface area contributed by atoms with Crippen LogP contribution in [0.4, 0.5) is 8.78 Å². The Hall–Kier alpha value is -0.590. The number of hydrogen-bond acceptors (Lipinski definition) is 2. The molecule has 0 bridgehead atoms. The molecule has 0 fully saturated rings. The van der Waals surface area contributed by atoms with Gasteiger partial charge in [-0.3, -0.25) is 4.79 Å². The zero-order chi connectivity index (χ0) is 10.0. The maximum Gasteiger partial charge on any atom is 0.266 e. The fraction of sp³-hybridized carbons (Fsp3) is 0.250. The standard InChI is InChI=1S/C8H6F2INO/c1-4(13)5-2-6(7(9)10)8(11)12-3-5/h2-3,7H,1H3. The van der Waals surface area contributed by atoms with E-state index >= 15 is 0 Å². The molecular weight excluding hydrogens is 291 g/mol. The highest BCUT2D eigenvalue weighted by atomic mass is 127. The van der Waals surface area contributed by atoms with E-state index in [4.69, 9.17) is 0 Å². The fourth-order valence-corrected chi connectivity index (χ4v) is 1.34. The molecule has 1 aromatic heterocycles. The van der Waals surface area contributed by atoms with Gasteiger partial charge < -0.3 is 0 Å². The predicted octanol–water partition coefficient (Wildman–Crippen LogP) is 2.83. The average Bonchev–Trinajstić information content (AvgIpc) is 2.04. The van der Waals surface area contributed by atoms with Crippen LogP contribution in [0.1, 0.15) is 29.3 Å². The molecule has 0 radical (unpaired) electrons. The third kappa shape index (κ3) is 2.43. The highest BCUT2D eigenvalue weighted by molar-refractivity contribution is 14.1. The van der Waals surface area contributed by atoms with Gasteiger partial charge in [0.25, 0.3) is 6.43 Å². The lowest BCUT2D eigenvalue weighted by Crippen LogP contribution is -1.99. The summed E-state index contributed by atoms with van der Waals surface area (Å²) in [5, 5.41) is 0. The topological polar surface area (TPSA) is 30.0 Å². The second-order valence-corrected chi connectivity index (χ2v) is 3.48. The summed E-state index contributed by atoms with van der Waals surface area (Å²) in [5.74, 6) is -0.259. The number of aromatic nitrogens is 1. The van der Waals surface area contributed by atoms with Gasteiger partial charge in [-0.15, -0.1) is 0 Å². The van der Waals surface area contributed by atoms with Gasteiger partial charge in [-0.2, -0.15) is 0 Å². The Morgan fingerprint density at radius 2 is 2.23 bits per heavy atom. The van der Waals surface area contributed by atoms with Crippen LogP contribution in [0.5, 0.6) is 0 Å². The summed E-state index contributed by atoms with van der Waals surface area (Å²) in [4.78, 5) is 14.6. The van der Waals surface area contributed by atoms with Crippen LogP contribution >= 0.6 is 22.6 Å². The molecule has 0 aliphatic heterocycles. The highest BCUT2D eigenvalue weighted by Crippen LogP contribution is 2.23. The Labute approximate surface area is 87.5 Å². The molecule has 5 heteroatoms. The molecule has 1 heterocycles. The second kappa shape index (κ2) is 4.08. The van der Waals surface area contributed by atoms with Crippen molar-refractivity contribution in [2.45, 2.75) is 13.3 Å². The first-order valence-electron chi connectivity index (χ1n) is 3.47. The van der Waals surface area contributed by atoms with Crippen molar-refractivity contribution in [3.05, 3.63) is 27.1 Å². The number of ketones is 1. The SMILES string of the molecule is CC(=O)c1cnc(I)c(C(F)F)c1. The second-order valence-electron chi connectivity index (χ2n) is 2.46. The Balaban J connectivity index is 3.19. The fourth-order valence-electron chi connectivity index (χ4n) is 0.811. The van der Waals surface area contributed by atoms with Crippen LogP contribution in [-0.4, -0.2) is 10.8 Å². The number of carbonyl (C=O) groups is 1. The summed E-state index contributed by atoms with van der Waals surface area (Å²) < 4.78 is 24.9. The predicted molar refractivity (Wildman–Crippen MR) is 51.9 cm³/mol. The van der Waals surface area contributed by atoms with Crippen LogP contribution in [0.15, 0.2) is 12.3 Å². The van der Waals surface area contributed by atoms with E-state index in [1.54, 1.807) is 22.6 Å². The number of carbonyl (C=O) groups excluding carboxylic acids is 1. The molecular formula is C8H6F2INO. The average molecular weight is 297 g/mol. The van der Waals surface area contributed by atoms with Crippen LogP contribution in [-0.2, 0) is 0 Å². The van der Waals surface area contributed by atoms with Crippen molar-refractivity contribution in [2.24, 2.45) is 0 Å². The largest absolute Gasteiger partial charge is 0.294 e. The zero-order valence-electron chi connectivity index (χ0n) is 6.72. The molecule has 0 spiro atoms. The molecule has 0 atom stereocenters. The van der Waals surface area contributed by atoms with Crippen LogP contribution < -0.4 is 0 Å². The Morgan fingerprint density at radius 3 is 2.69 bits per heavy atom. The lowest BCUT2D eigenvalue weighted by Gasteiger charge is -2.03. The van der Waals surface area contributed by atoms with E-state index in [1.807, 2.05) is 0 Å². The molecule has 70 valence electrons. The Bertz CT molecular complexity index is 341. The normalized spacial score (nSPS) is 10.5. The van der Waals surface area contributed by atoms with Crippen molar-refractivity contribution < 1.29 is 13.6 Å². The Kier molecular flexibility index (Phi) is 3.29. The van der Waals surface area contributed by atoms with E-state index in [2.05, 4.69) is 4.98 Å². The molecule has 0 saturated heterocycles. The maximum atomic E-state index is 12.3. The van der Waals surface area contributed by atoms with Crippen molar-refractivity contribution >= 4 is 28.4 Å². The van der Waals surface area contributed by atoms with Gasteiger partial charge >= 0.3 is 0 Å². The number of nitrogens with zero attached hydrogens (tertiary/aromatic N) is 1.